The number of carbonyl (C=O) groups excluding carboxylic acids is 2. The van der Waals surface area contributed by atoms with Crippen LogP contribution in [-0.2, 0) is 19.1 Å². The average Bonchev–Trinajstić information content (AvgIpc) is 2.68. The van der Waals surface area contributed by atoms with Crippen molar-refractivity contribution in [2.24, 2.45) is 11.3 Å². The summed E-state index contributed by atoms with van der Waals surface area (Å²) in [7, 11) is 0. The first-order valence-electron chi connectivity index (χ1n) is 7.33. The normalized spacial score (nSPS) is 34.0. The van der Waals surface area contributed by atoms with Gasteiger partial charge in [-0.15, -0.1) is 0 Å². The van der Waals surface area contributed by atoms with E-state index in [1.807, 2.05) is 19.1 Å². The van der Waals surface area contributed by atoms with Gasteiger partial charge in [0, 0.05) is 12.5 Å². The van der Waals surface area contributed by atoms with Crippen LogP contribution in [0, 0.1) is 11.3 Å². The Morgan fingerprint density at radius 1 is 1.52 bits per heavy atom. The molecular weight excluding hydrogens is 268 g/mol. The van der Waals surface area contributed by atoms with Crippen molar-refractivity contribution in [3.05, 3.63) is 34.9 Å². The summed E-state index contributed by atoms with van der Waals surface area (Å²) < 4.78 is 10.7. The van der Waals surface area contributed by atoms with Crippen molar-refractivity contribution < 1.29 is 19.1 Å². The molecular formula is C17H20O4. The molecule has 0 bridgehead atoms. The van der Waals surface area contributed by atoms with Gasteiger partial charge in [0.1, 0.15) is 12.7 Å². The fourth-order valence-corrected chi connectivity index (χ4v) is 3.69. The van der Waals surface area contributed by atoms with Crippen LogP contribution in [0.3, 0.4) is 0 Å². The molecule has 0 radical (unpaired) electrons. The van der Waals surface area contributed by atoms with Crippen LogP contribution >= 0.6 is 0 Å². The molecule has 1 aliphatic heterocycles. The van der Waals surface area contributed by atoms with E-state index in [1.165, 1.54) is 6.92 Å². The molecule has 1 fully saturated rings. The van der Waals surface area contributed by atoms with E-state index in [2.05, 4.69) is 13.0 Å². The topological polar surface area (TPSA) is 52.6 Å². The van der Waals surface area contributed by atoms with E-state index in [0.29, 0.717) is 6.61 Å². The van der Waals surface area contributed by atoms with Crippen molar-refractivity contribution in [2.75, 3.05) is 6.61 Å². The van der Waals surface area contributed by atoms with Gasteiger partial charge in [0.15, 0.2) is 0 Å². The highest BCUT2D eigenvalue weighted by atomic mass is 16.5. The van der Waals surface area contributed by atoms with E-state index in [0.717, 1.165) is 29.6 Å². The molecule has 4 heteroatoms. The molecule has 0 unspecified atom stereocenters. The Labute approximate surface area is 124 Å². The minimum absolute atomic E-state index is 0.0523. The fourth-order valence-electron chi connectivity index (χ4n) is 3.69. The van der Waals surface area contributed by atoms with Crippen LogP contribution in [0.5, 0.6) is 0 Å². The Kier molecular flexibility index (Phi) is 3.27. The van der Waals surface area contributed by atoms with Crippen molar-refractivity contribution in [3.8, 4) is 0 Å². The number of carbonyl (C=O) groups is 2. The third-order valence-electron chi connectivity index (χ3n) is 4.95. The maximum atomic E-state index is 11.8. The molecule has 4 nitrogen and oxygen atoms in total. The highest BCUT2D eigenvalue weighted by Gasteiger charge is 2.48. The minimum Gasteiger partial charge on any atom is -0.461 e. The molecule has 3 rings (SSSR count). The second kappa shape index (κ2) is 4.86. The summed E-state index contributed by atoms with van der Waals surface area (Å²) in [6, 6.07) is 0. The molecule has 1 heterocycles. The zero-order chi connectivity index (χ0) is 15.2. The predicted molar refractivity (Wildman–Crippen MR) is 77.3 cm³/mol. The SMILES string of the molecule is CC(=O)OCC1=CC=C[C@@]2(C)C[C@@H]3OC(=O)C(C)=C3C[C@@H]12. The van der Waals surface area contributed by atoms with Crippen LogP contribution in [0.4, 0.5) is 0 Å². The third kappa shape index (κ3) is 2.33. The number of rotatable bonds is 2. The number of allylic oxidation sites excluding steroid dienone is 3. The van der Waals surface area contributed by atoms with Gasteiger partial charge in [0.05, 0.1) is 0 Å². The van der Waals surface area contributed by atoms with Crippen molar-refractivity contribution >= 4 is 11.9 Å². The Hall–Kier alpha value is -1.84. The standard InChI is InChI=1S/C17H20O4/c1-10-13-7-14-12(9-20-11(2)18)5-4-6-17(14,3)8-15(13)21-16(10)19/h4-6,14-15H,7-9H2,1-3H3/t14-,15-,17-/m0/s1. The number of esters is 2. The second-order valence-electron chi connectivity index (χ2n) is 6.39. The fraction of sp³-hybridized carbons (Fsp3) is 0.529. The molecule has 0 N–H and O–H groups in total. The Morgan fingerprint density at radius 2 is 2.29 bits per heavy atom. The number of fused-ring (bicyclic) bond motifs is 2. The molecule has 112 valence electrons. The summed E-state index contributed by atoms with van der Waals surface area (Å²) in [6.07, 6.45) is 7.75. The lowest BCUT2D eigenvalue weighted by Crippen LogP contribution is -2.39. The van der Waals surface area contributed by atoms with Gasteiger partial charge in [0.2, 0.25) is 0 Å². The van der Waals surface area contributed by atoms with Gasteiger partial charge in [0.25, 0.3) is 0 Å². The quantitative estimate of drug-likeness (QED) is 0.733. The first kappa shape index (κ1) is 14.1. The largest absolute Gasteiger partial charge is 0.461 e. The lowest BCUT2D eigenvalue weighted by atomic mass is 9.60. The van der Waals surface area contributed by atoms with Gasteiger partial charge in [-0.3, -0.25) is 4.79 Å². The van der Waals surface area contributed by atoms with E-state index < -0.39 is 0 Å². The summed E-state index contributed by atoms with van der Waals surface area (Å²) in [5.74, 6) is -0.195. The molecule has 1 saturated carbocycles. The summed E-state index contributed by atoms with van der Waals surface area (Å²) in [6.45, 7) is 5.78. The summed E-state index contributed by atoms with van der Waals surface area (Å²) in [4.78, 5) is 22.8. The molecule has 21 heavy (non-hydrogen) atoms. The van der Waals surface area contributed by atoms with Crippen LogP contribution < -0.4 is 0 Å². The number of ether oxygens (including phenoxy) is 2. The predicted octanol–water partition coefficient (Wildman–Crippen LogP) is 2.70. The Balaban J connectivity index is 1.88. The van der Waals surface area contributed by atoms with Crippen LogP contribution in [-0.4, -0.2) is 24.6 Å². The third-order valence-corrected chi connectivity index (χ3v) is 4.95. The van der Waals surface area contributed by atoms with Crippen molar-refractivity contribution in [3.63, 3.8) is 0 Å². The van der Waals surface area contributed by atoms with Gasteiger partial charge in [-0.1, -0.05) is 25.2 Å². The monoisotopic (exact) mass is 288 g/mol. The maximum absolute atomic E-state index is 11.8. The maximum Gasteiger partial charge on any atom is 0.334 e. The molecule has 0 saturated heterocycles. The van der Waals surface area contributed by atoms with Crippen LogP contribution in [0.15, 0.2) is 34.9 Å². The lowest BCUT2D eigenvalue weighted by molar-refractivity contribution is -0.142. The Bertz CT molecular complexity index is 596. The summed E-state index contributed by atoms with van der Waals surface area (Å²) >= 11 is 0. The molecule has 3 atom stereocenters. The van der Waals surface area contributed by atoms with E-state index in [4.69, 9.17) is 9.47 Å². The van der Waals surface area contributed by atoms with Gasteiger partial charge in [-0.05, 0) is 42.2 Å². The first-order chi connectivity index (χ1) is 9.90. The number of hydrogen-bond donors (Lipinski definition) is 0. The van der Waals surface area contributed by atoms with Crippen molar-refractivity contribution in [1.29, 1.82) is 0 Å². The van der Waals surface area contributed by atoms with Gasteiger partial charge >= 0.3 is 11.9 Å². The van der Waals surface area contributed by atoms with Crippen molar-refractivity contribution in [2.45, 2.75) is 39.7 Å². The molecule has 0 spiro atoms. The van der Waals surface area contributed by atoms with Crippen molar-refractivity contribution in [1.82, 2.24) is 0 Å². The van der Waals surface area contributed by atoms with Gasteiger partial charge < -0.3 is 9.47 Å². The molecule has 3 aliphatic rings. The smallest absolute Gasteiger partial charge is 0.334 e. The highest BCUT2D eigenvalue weighted by Crippen LogP contribution is 2.52. The first-order valence-corrected chi connectivity index (χ1v) is 7.33. The Morgan fingerprint density at radius 3 is 3.00 bits per heavy atom. The second-order valence-corrected chi connectivity index (χ2v) is 6.39. The van der Waals surface area contributed by atoms with Gasteiger partial charge in [-0.2, -0.15) is 0 Å². The molecule has 2 aliphatic carbocycles. The minimum atomic E-state index is -0.268. The van der Waals surface area contributed by atoms with E-state index in [9.17, 15) is 9.59 Å². The van der Waals surface area contributed by atoms with Crippen LogP contribution in [0.25, 0.3) is 0 Å². The number of hydrogen-bond acceptors (Lipinski definition) is 4. The van der Waals surface area contributed by atoms with E-state index in [-0.39, 0.29) is 29.4 Å². The van der Waals surface area contributed by atoms with Crippen LogP contribution in [0.2, 0.25) is 0 Å². The average molecular weight is 288 g/mol. The summed E-state index contributed by atoms with van der Waals surface area (Å²) in [5.41, 5.74) is 2.94. The van der Waals surface area contributed by atoms with E-state index in [1.54, 1.807) is 0 Å². The highest BCUT2D eigenvalue weighted by molar-refractivity contribution is 5.91. The van der Waals surface area contributed by atoms with Gasteiger partial charge in [-0.25, -0.2) is 4.79 Å². The molecule has 0 aromatic rings. The molecule has 0 aromatic carbocycles. The van der Waals surface area contributed by atoms with Crippen LogP contribution in [0.1, 0.15) is 33.6 Å². The zero-order valence-corrected chi connectivity index (χ0v) is 12.6. The van der Waals surface area contributed by atoms with E-state index >= 15 is 0 Å². The lowest BCUT2D eigenvalue weighted by Gasteiger charge is -2.45. The molecule has 0 aromatic heterocycles. The molecule has 0 amide bonds. The summed E-state index contributed by atoms with van der Waals surface area (Å²) in [5, 5.41) is 0. The zero-order valence-electron chi connectivity index (χ0n) is 12.6.